The number of fused-ring (bicyclic) bond motifs is 1. The van der Waals surface area contributed by atoms with E-state index in [0.29, 0.717) is 40.9 Å². The number of ether oxygens (including phenoxy) is 2. The highest BCUT2D eigenvalue weighted by molar-refractivity contribution is 5.91. The second-order valence-electron chi connectivity index (χ2n) is 10.1. The van der Waals surface area contributed by atoms with E-state index in [4.69, 9.17) is 24.5 Å². The van der Waals surface area contributed by atoms with E-state index in [9.17, 15) is 0 Å². The largest absolute Gasteiger partial charge is 0.495 e. The summed E-state index contributed by atoms with van der Waals surface area (Å²) in [7, 11) is 1.61. The van der Waals surface area contributed by atoms with E-state index < -0.39 is 11.6 Å². The van der Waals surface area contributed by atoms with Gasteiger partial charge in [0.25, 0.3) is 0 Å². The van der Waals surface area contributed by atoms with Crippen molar-refractivity contribution in [2.24, 2.45) is 0 Å². The van der Waals surface area contributed by atoms with Gasteiger partial charge in [-0.1, -0.05) is 30.9 Å². The molecule has 0 spiro atoms. The first-order valence-electron chi connectivity index (χ1n) is 14.4. The first-order valence-corrected chi connectivity index (χ1v) is 14.4. The smallest absolute Gasteiger partial charge is 0.182 e. The lowest BCUT2D eigenvalue weighted by Crippen LogP contribution is -2.27. The van der Waals surface area contributed by atoms with E-state index in [1.54, 1.807) is 24.8 Å². The number of para-hydroxylation sites is 1. The van der Waals surface area contributed by atoms with Gasteiger partial charge in [0.15, 0.2) is 5.82 Å². The molecule has 0 unspecified atom stereocenters. The molecule has 0 atom stereocenters. The Morgan fingerprint density at radius 1 is 1.19 bits per heavy atom. The maximum Gasteiger partial charge on any atom is 0.182 e. The highest BCUT2D eigenvalue weighted by atomic mass is 19.1. The molecule has 0 bridgehead atoms. The molecule has 1 fully saturated rings. The highest BCUT2D eigenvalue weighted by Gasteiger charge is 2.24. The quantitative estimate of drug-likeness (QED) is 0.149. The third-order valence-corrected chi connectivity index (χ3v) is 7.48. The molecule has 0 aliphatic carbocycles. The normalized spacial score (nSPS) is 14.6. The van der Waals surface area contributed by atoms with Crippen molar-refractivity contribution in [1.82, 2.24) is 25.1 Å². The molecule has 1 saturated heterocycles. The lowest BCUT2D eigenvalue weighted by Gasteiger charge is -2.25. The van der Waals surface area contributed by atoms with Crippen molar-refractivity contribution in [3.05, 3.63) is 102 Å². The van der Waals surface area contributed by atoms with Gasteiger partial charge in [0.1, 0.15) is 34.7 Å². The molecule has 0 saturated carbocycles. The molecule has 224 valence electrons. The zero-order valence-corrected chi connectivity index (χ0v) is 24.7. The molecule has 2 N–H and O–H groups in total. The number of nitrogens with one attached hydrogen (secondary N) is 2. The van der Waals surface area contributed by atoms with Gasteiger partial charge in [0, 0.05) is 34.8 Å². The molecule has 43 heavy (non-hydrogen) atoms. The van der Waals surface area contributed by atoms with Crippen molar-refractivity contribution in [3.63, 3.8) is 0 Å². The van der Waals surface area contributed by atoms with Crippen LogP contribution in [0.1, 0.15) is 43.7 Å². The molecule has 0 radical (unpaired) electrons. The lowest BCUT2D eigenvalue weighted by atomic mass is 9.91. The maximum atomic E-state index is 15.0. The van der Waals surface area contributed by atoms with Crippen LogP contribution in [0.5, 0.6) is 5.75 Å². The monoisotopic (exact) mass is 586 g/mol. The Bertz CT molecular complexity index is 1650. The third-order valence-electron chi connectivity index (χ3n) is 7.48. The van der Waals surface area contributed by atoms with Crippen molar-refractivity contribution < 1.29 is 18.3 Å². The first-order chi connectivity index (χ1) is 21.0. The summed E-state index contributed by atoms with van der Waals surface area (Å²) in [5, 5.41) is 12.4. The number of halogens is 2. The fourth-order valence-electron chi connectivity index (χ4n) is 5.39. The predicted octanol–water partition coefficient (Wildman–Crippen LogP) is 6.72. The SMILES string of the molecule is C=C/C=C(Nc1nc(-c2nn(Cc3c(F)cc(OCC)cc3F)c3ccccc23)ncc1C1CCNCC1)\C(=C/C)OC. The van der Waals surface area contributed by atoms with Crippen LogP contribution >= 0.6 is 0 Å². The summed E-state index contributed by atoms with van der Waals surface area (Å²) >= 11 is 0. The first kappa shape index (κ1) is 29.9. The standard InChI is InChI=1S/C33H36F2N6O2/c1-5-10-28(30(6-2)42-4)38-32-24(21-13-15-36-16-14-21)19-37-33(39-32)31-23-11-8-9-12-29(23)41(40-31)20-25-26(34)17-22(43-7-3)18-27(25)35/h5-6,8-12,17-19,21,36H,1,7,13-16,20H2,2-4H3,(H,37,38,39)/b28-10+,30-6+. The van der Waals surface area contributed by atoms with Gasteiger partial charge in [0.2, 0.25) is 0 Å². The van der Waals surface area contributed by atoms with E-state index in [1.807, 2.05) is 49.5 Å². The van der Waals surface area contributed by atoms with Crippen LogP contribution in [0.2, 0.25) is 0 Å². The Morgan fingerprint density at radius 2 is 1.93 bits per heavy atom. The van der Waals surface area contributed by atoms with Crippen LogP contribution in [0, 0.1) is 11.6 Å². The fourth-order valence-corrected chi connectivity index (χ4v) is 5.39. The Labute approximate surface area is 250 Å². The molecule has 3 heterocycles. The number of benzene rings is 2. The van der Waals surface area contributed by atoms with Crippen molar-refractivity contribution in [2.75, 3.05) is 32.1 Å². The fraction of sp³-hybridized carbons (Fsp3) is 0.303. The van der Waals surface area contributed by atoms with Crippen molar-refractivity contribution >= 4 is 16.7 Å². The molecule has 0 amide bonds. The van der Waals surface area contributed by atoms with Crippen LogP contribution in [-0.4, -0.2) is 46.6 Å². The zero-order valence-electron chi connectivity index (χ0n) is 24.7. The zero-order chi connectivity index (χ0) is 30.3. The van der Waals surface area contributed by atoms with E-state index in [1.165, 1.54) is 12.1 Å². The van der Waals surface area contributed by atoms with E-state index >= 15 is 8.78 Å². The minimum atomic E-state index is -0.696. The molecule has 1 aliphatic heterocycles. The van der Waals surface area contributed by atoms with E-state index in [2.05, 4.69) is 17.2 Å². The molecule has 8 nitrogen and oxygen atoms in total. The van der Waals surface area contributed by atoms with Gasteiger partial charge in [-0.25, -0.2) is 18.7 Å². The summed E-state index contributed by atoms with van der Waals surface area (Å²) in [4.78, 5) is 9.75. The molecular weight excluding hydrogens is 550 g/mol. The van der Waals surface area contributed by atoms with Crippen molar-refractivity contribution in [2.45, 2.75) is 39.2 Å². The van der Waals surface area contributed by atoms with Crippen molar-refractivity contribution in [3.8, 4) is 17.3 Å². The Morgan fingerprint density at radius 3 is 2.60 bits per heavy atom. The van der Waals surface area contributed by atoms with E-state index in [0.717, 1.165) is 36.9 Å². The minimum absolute atomic E-state index is 0.106. The highest BCUT2D eigenvalue weighted by Crippen LogP contribution is 2.34. The van der Waals surface area contributed by atoms with Crippen molar-refractivity contribution in [1.29, 1.82) is 0 Å². The molecule has 1 aliphatic rings. The average molecular weight is 587 g/mol. The average Bonchev–Trinajstić information content (AvgIpc) is 3.38. The summed E-state index contributed by atoms with van der Waals surface area (Å²) in [6.07, 6.45) is 9.14. The molecular formula is C33H36F2N6O2. The number of hydrogen-bond donors (Lipinski definition) is 2. The number of anilines is 1. The summed E-state index contributed by atoms with van der Waals surface area (Å²) in [6.45, 7) is 9.52. The minimum Gasteiger partial charge on any atom is -0.495 e. The summed E-state index contributed by atoms with van der Waals surface area (Å²) in [5.41, 5.74) is 2.80. The number of hydrogen-bond acceptors (Lipinski definition) is 7. The number of methoxy groups -OCH3 is 1. The summed E-state index contributed by atoms with van der Waals surface area (Å²) < 4.78 is 42.5. The van der Waals surface area contributed by atoms with Gasteiger partial charge in [-0.05, 0) is 63.9 Å². The van der Waals surface area contributed by atoms with Crippen LogP contribution in [0.25, 0.3) is 22.4 Å². The molecule has 5 rings (SSSR count). The number of nitrogens with zero attached hydrogens (tertiary/aromatic N) is 4. The molecule has 4 aromatic rings. The predicted molar refractivity (Wildman–Crippen MR) is 165 cm³/mol. The van der Waals surface area contributed by atoms with Gasteiger partial charge < -0.3 is 20.1 Å². The van der Waals surface area contributed by atoms with Gasteiger partial charge in [-0.15, -0.1) is 0 Å². The second kappa shape index (κ2) is 13.6. The number of rotatable bonds is 11. The van der Waals surface area contributed by atoms with Crippen LogP contribution < -0.4 is 15.4 Å². The topological polar surface area (TPSA) is 86.1 Å². The summed E-state index contributed by atoms with van der Waals surface area (Å²) in [6, 6.07) is 9.91. The Hall–Kier alpha value is -4.57. The lowest BCUT2D eigenvalue weighted by molar-refractivity contribution is 0.300. The summed E-state index contributed by atoms with van der Waals surface area (Å²) in [5.74, 6) is 0.693. The van der Waals surface area contributed by atoms with Crippen LogP contribution in [-0.2, 0) is 11.3 Å². The van der Waals surface area contributed by atoms with Crippen LogP contribution in [0.3, 0.4) is 0 Å². The second-order valence-corrected chi connectivity index (χ2v) is 10.1. The van der Waals surface area contributed by atoms with Gasteiger partial charge >= 0.3 is 0 Å². The molecule has 2 aromatic heterocycles. The number of allylic oxidation sites excluding steroid dienone is 3. The number of aromatic nitrogens is 4. The molecule has 2 aromatic carbocycles. The van der Waals surface area contributed by atoms with Gasteiger partial charge in [-0.3, -0.25) is 4.68 Å². The Balaban J connectivity index is 1.59. The Kier molecular flexibility index (Phi) is 9.46. The molecule has 10 heteroatoms. The van der Waals surface area contributed by atoms with Gasteiger partial charge in [0.05, 0.1) is 31.5 Å². The van der Waals surface area contributed by atoms with Crippen LogP contribution in [0.15, 0.2) is 78.9 Å². The maximum absolute atomic E-state index is 15.0. The van der Waals surface area contributed by atoms with Crippen LogP contribution in [0.4, 0.5) is 14.6 Å². The van der Waals surface area contributed by atoms with E-state index in [-0.39, 0.29) is 23.8 Å². The van der Waals surface area contributed by atoms with Gasteiger partial charge in [-0.2, -0.15) is 5.10 Å². The third kappa shape index (κ3) is 6.44. The number of piperidine rings is 1.